The van der Waals surface area contributed by atoms with Gasteiger partial charge in [-0.25, -0.2) is 4.39 Å². The fourth-order valence-electron chi connectivity index (χ4n) is 2.11. The second-order valence-electron chi connectivity index (χ2n) is 5.56. The molecule has 0 amide bonds. The lowest BCUT2D eigenvalue weighted by molar-refractivity contribution is 0.00343. The summed E-state index contributed by atoms with van der Waals surface area (Å²) in [4.78, 5) is 0. The Balaban J connectivity index is 1.75. The SMILES string of the molecule is CCCCOCCOC(CNC1CC1)c1ccc(F)cc1. The molecule has 1 aliphatic carbocycles. The van der Waals surface area contributed by atoms with Crippen molar-refractivity contribution in [2.75, 3.05) is 26.4 Å². The van der Waals surface area contributed by atoms with E-state index in [1.807, 2.05) is 0 Å². The summed E-state index contributed by atoms with van der Waals surface area (Å²) in [6, 6.07) is 7.21. The Hall–Kier alpha value is -0.970. The highest BCUT2D eigenvalue weighted by molar-refractivity contribution is 5.19. The van der Waals surface area contributed by atoms with Crippen LogP contribution in [-0.2, 0) is 9.47 Å². The maximum Gasteiger partial charge on any atom is 0.123 e. The summed E-state index contributed by atoms with van der Waals surface area (Å²) in [7, 11) is 0. The van der Waals surface area contributed by atoms with E-state index in [2.05, 4.69) is 12.2 Å². The average molecular weight is 295 g/mol. The number of halogens is 1. The van der Waals surface area contributed by atoms with Crippen LogP contribution in [0.4, 0.5) is 4.39 Å². The first kappa shape index (κ1) is 16.4. The summed E-state index contributed by atoms with van der Waals surface area (Å²) in [6.07, 6.45) is 4.68. The summed E-state index contributed by atoms with van der Waals surface area (Å²) in [5.74, 6) is -0.212. The van der Waals surface area contributed by atoms with Crippen LogP contribution >= 0.6 is 0 Å². The molecular weight excluding hydrogens is 269 g/mol. The maximum atomic E-state index is 13.0. The van der Waals surface area contributed by atoms with E-state index in [9.17, 15) is 4.39 Å². The van der Waals surface area contributed by atoms with Gasteiger partial charge in [0, 0.05) is 19.2 Å². The average Bonchev–Trinajstić information content (AvgIpc) is 3.31. The minimum Gasteiger partial charge on any atom is -0.379 e. The largest absolute Gasteiger partial charge is 0.379 e. The van der Waals surface area contributed by atoms with Crippen LogP contribution in [0.15, 0.2) is 24.3 Å². The minimum absolute atomic E-state index is 0.0408. The molecule has 0 radical (unpaired) electrons. The first-order valence-corrected chi connectivity index (χ1v) is 7.97. The van der Waals surface area contributed by atoms with Crippen molar-refractivity contribution in [3.05, 3.63) is 35.6 Å². The topological polar surface area (TPSA) is 30.5 Å². The van der Waals surface area contributed by atoms with E-state index in [-0.39, 0.29) is 11.9 Å². The molecule has 0 bridgehead atoms. The van der Waals surface area contributed by atoms with Gasteiger partial charge in [0.1, 0.15) is 5.82 Å². The fourth-order valence-corrected chi connectivity index (χ4v) is 2.11. The van der Waals surface area contributed by atoms with Gasteiger partial charge in [-0.2, -0.15) is 0 Å². The van der Waals surface area contributed by atoms with Gasteiger partial charge in [0.2, 0.25) is 0 Å². The first-order valence-electron chi connectivity index (χ1n) is 7.97. The van der Waals surface area contributed by atoms with Gasteiger partial charge in [-0.1, -0.05) is 25.5 Å². The van der Waals surface area contributed by atoms with Crippen molar-refractivity contribution < 1.29 is 13.9 Å². The summed E-state index contributed by atoms with van der Waals surface area (Å²) < 4.78 is 24.5. The predicted octanol–water partition coefficient (Wildman–Crippen LogP) is 3.45. The molecule has 1 unspecified atom stereocenters. The molecule has 0 spiro atoms. The first-order chi connectivity index (χ1) is 10.3. The van der Waals surface area contributed by atoms with E-state index >= 15 is 0 Å². The fraction of sp³-hybridized carbons (Fsp3) is 0.647. The van der Waals surface area contributed by atoms with Crippen LogP contribution in [0.1, 0.15) is 44.3 Å². The highest BCUT2D eigenvalue weighted by Crippen LogP contribution is 2.22. The van der Waals surface area contributed by atoms with Crippen molar-refractivity contribution in [3.63, 3.8) is 0 Å². The van der Waals surface area contributed by atoms with Crippen molar-refractivity contribution >= 4 is 0 Å². The molecule has 0 heterocycles. The molecule has 1 fully saturated rings. The molecule has 118 valence electrons. The Labute approximate surface area is 126 Å². The molecule has 1 aromatic carbocycles. The number of hydrogen-bond acceptors (Lipinski definition) is 3. The number of hydrogen-bond donors (Lipinski definition) is 1. The zero-order valence-corrected chi connectivity index (χ0v) is 12.8. The molecule has 1 aliphatic rings. The van der Waals surface area contributed by atoms with Crippen molar-refractivity contribution in [2.24, 2.45) is 0 Å². The monoisotopic (exact) mass is 295 g/mol. The normalized spacial score (nSPS) is 16.1. The lowest BCUT2D eigenvalue weighted by Crippen LogP contribution is -2.26. The van der Waals surface area contributed by atoms with Crippen molar-refractivity contribution in [3.8, 4) is 0 Å². The molecule has 1 N–H and O–H groups in total. The molecule has 1 saturated carbocycles. The van der Waals surface area contributed by atoms with Crippen LogP contribution < -0.4 is 5.32 Å². The number of nitrogens with one attached hydrogen (secondary N) is 1. The van der Waals surface area contributed by atoms with E-state index in [0.717, 1.165) is 31.6 Å². The molecule has 4 heteroatoms. The molecule has 1 atom stereocenters. The quantitative estimate of drug-likeness (QED) is 0.634. The zero-order valence-electron chi connectivity index (χ0n) is 12.8. The number of benzene rings is 1. The van der Waals surface area contributed by atoms with Crippen LogP contribution in [0.5, 0.6) is 0 Å². The van der Waals surface area contributed by atoms with Crippen molar-refractivity contribution in [2.45, 2.75) is 44.8 Å². The van der Waals surface area contributed by atoms with Crippen LogP contribution in [0.2, 0.25) is 0 Å². The van der Waals surface area contributed by atoms with E-state index in [1.54, 1.807) is 12.1 Å². The van der Waals surface area contributed by atoms with Gasteiger partial charge < -0.3 is 14.8 Å². The molecule has 0 saturated heterocycles. The van der Waals surface area contributed by atoms with Crippen molar-refractivity contribution in [1.29, 1.82) is 0 Å². The third kappa shape index (κ3) is 6.55. The van der Waals surface area contributed by atoms with Gasteiger partial charge >= 0.3 is 0 Å². The van der Waals surface area contributed by atoms with E-state index in [4.69, 9.17) is 9.47 Å². The van der Waals surface area contributed by atoms with Gasteiger partial charge in [-0.05, 0) is 37.0 Å². The highest BCUT2D eigenvalue weighted by atomic mass is 19.1. The second-order valence-corrected chi connectivity index (χ2v) is 5.56. The lowest BCUT2D eigenvalue weighted by atomic mass is 10.1. The summed E-state index contributed by atoms with van der Waals surface area (Å²) >= 11 is 0. The van der Waals surface area contributed by atoms with E-state index in [1.165, 1.54) is 25.0 Å². The Bertz CT molecular complexity index is 392. The predicted molar refractivity (Wildman–Crippen MR) is 81.8 cm³/mol. The minimum atomic E-state index is -0.212. The van der Waals surface area contributed by atoms with Crippen LogP contribution in [0.25, 0.3) is 0 Å². The summed E-state index contributed by atoms with van der Waals surface area (Å²) in [5.41, 5.74) is 1.01. The number of unbranched alkanes of at least 4 members (excludes halogenated alkanes) is 1. The number of ether oxygens (including phenoxy) is 2. The van der Waals surface area contributed by atoms with E-state index < -0.39 is 0 Å². The third-order valence-corrected chi connectivity index (χ3v) is 3.60. The van der Waals surface area contributed by atoms with Gasteiger partial charge in [0.15, 0.2) is 0 Å². The Morgan fingerprint density at radius 3 is 2.62 bits per heavy atom. The second kappa shape index (κ2) is 9.13. The van der Waals surface area contributed by atoms with Crippen LogP contribution in [-0.4, -0.2) is 32.4 Å². The smallest absolute Gasteiger partial charge is 0.123 e. The summed E-state index contributed by atoms with van der Waals surface area (Å²) in [6.45, 7) is 4.89. The maximum absolute atomic E-state index is 13.0. The molecule has 1 aromatic rings. The van der Waals surface area contributed by atoms with Gasteiger partial charge in [-0.15, -0.1) is 0 Å². The lowest BCUT2D eigenvalue weighted by Gasteiger charge is -2.19. The molecule has 2 rings (SSSR count). The zero-order chi connectivity index (χ0) is 14.9. The van der Waals surface area contributed by atoms with Crippen molar-refractivity contribution in [1.82, 2.24) is 5.32 Å². The highest BCUT2D eigenvalue weighted by Gasteiger charge is 2.22. The molecule has 0 aliphatic heterocycles. The molecule has 21 heavy (non-hydrogen) atoms. The Kier molecular flexibility index (Phi) is 7.13. The standard InChI is InChI=1S/C17H26FNO2/c1-2-3-10-20-11-12-21-17(13-19-16-8-9-16)14-4-6-15(18)7-5-14/h4-7,16-17,19H,2-3,8-13H2,1H3. The molecule has 0 aromatic heterocycles. The van der Waals surface area contributed by atoms with Gasteiger partial charge in [0.05, 0.1) is 19.3 Å². The van der Waals surface area contributed by atoms with Crippen LogP contribution in [0.3, 0.4) is 0 Å². The van der Waals surface area contributed by atoms with Gasteiger partial charge in [0.25, 0.3) is 0 Å². The summed E-state index contributed by atoms with van der Waals surface area (Å²) in [5, 5.41) is 3.47. The Morgan fingerprint density at radius 2 is 1.95 bits per heavy atom. The third-order valence-electron chi connectivity index (χ3n) is 3.60. The van der Waals surface area contributed by atoms with E-state index in [0.29, 0.717) is 19.3 Å². The van der Waals surface area contributed by atoms with Gasteiger partial charge in [-0.3, -0.25) is 0 Å². The molecular formula is C17H26FNO2. The molecule has 3 nitrogen and oxygen atoms in total. The van der Waals surface area contributed by atoms with Crippen LogP contribution in [0, 0.1) is 5.82 Å². The number of rotatable bonds is 11. The Morgan fingerprint density at radius 1 is 1.19 bits per heavy atom.